The summed E-state index contributed by atoms with van der Waals surface area (Å²) in [6.07, 6.45) is 10.9. The largest absolute Gasteiger partial charge is 0.379 e. The maximum Gasteiger partial charge on any atom is 0.0594 e. The summed E-state index contributed by atoms with van der Waals surface area (Å²) >= 11 is 4.70. The molecule has 0 amide bonds. The molecule has 1 aliphatic heterocycles. The third-order valence-corrected chi connectivity index (χ3v) is 4.12. The maximum atomic E-state index is 5.35. The van der Waals surface area contributed by atoms with Crippen molar-refractivity contribution in [2.75, 3.05) is 26.3 Å². The highest BCUT2D eigenvalue weighted by molar-refractivity contribution is 7.80. The first kappa shape index (κ1) is 15.3. The lowest BCUT2D eigenvalue weighted by molar-refractivity contribution is 0.0314. The summed E-state index contributed by atoms with van der Waals surface area (Å²) in [6, 6.07) is 0. The van der Waals surface area contributed by atoms with Gasteiger partial charge in [-0.3, -0.25) is 4.90 Å². The molecule has 1 heterocycles. The molecule has 0 saturated carbocycles. The van der Waals surface area contributed by atoms with Crippen LogP contribution in [0.3, 0.4) is 0 Å². The van der Waals surface area contributed by atoms with E-state index in [-0.39, 0.29) is 0 Å². The van der Waals surface area contributed by atoms with Crippen LogP contribution in [-0.2, 0) is 4.74 Å². The number of thiol groups is 1. The van der Waals surface area contributed by atoms with Gasteiger partial charge in [-0.2, -0.15) is 12.6 Å². The van der Waals surface area contributed by atoms with E-state index in [2.05, 4.69) is 11.8 Å². The van der Waals surface area contributed by atoms with Gasteiger partial charge in [-0.15, -0.1) is 0 Å². The van der Waals surface area contributed by atoms with Crippen LogP contribution in [0.5, 0.6) is 0 Å². The Hall–Kier alpha value is 0.270. The Morgan fingerprint density at radius 3 is 2.24 bits per heavy atom. The van der Waals surface area contributed by atoms with E-state index >= 15 is 0 Å². The third kappa shape index (κ3) is 7.32. The Morgan fingerprint density at radius 1 is 1.00 bits per heavy atom. The van der Waals surface area contributed by atoms with E-state index in [0.717, 1.165) is 26.3 Å². The lowest BCUT2D eigenvalue weighted by Gasteiger charge is -2.31. The van der Waals surface area contributed by atoms with Crippen molar-refractivity contribution in [1.29, 1.82) is 0 Å². The van der Waals surface area contributed by atoms with Crippen LogP contribution in [0.25, 0.3) is 0 Å². The van der Waals surface area contributed by atoms with E-state index < -0.39 is 0 Å². The number of hydrogen-bond acceptors (Lipinski definition) is 3. The van der Waals surface area contributed by atoms with Gasteiger partial charge >= 0.3 is 0 Å². The summed E-state index contributed by atoms with van der Waals surface area (Å²) < 4.78 is 5.35. The van der Waals surface area contributed by atoms with Gasteiger partial charge in [0.2, 0.25) is 0 Å². The number of nitrogens with zero attached hydrogens (tertiary/aromatic N) is 1. The van der Waals surface area contributed by atoms with E-state index in [1.807, 2.05) is 0 Å². The Kier molecular flexibility index (Phi) is 9.21. The average molecular weight is 259 g/mol. The standard InChI is InChI=1S/C14H29NOS/c1-2-3-4-5-6-7-8-9-14(17)15-10-12-16-13-11-15/h14,17H,2-13H2,1H3. The predicted octanol–water partition coefficient (Wildman–Crippen LogP) is 3.72. The minimum atomic E-state index is 0.453. The lowest BCUT2D eigenvalue weighted by Crippen LogP contribution is -2.41. The first-order chi connectivity index (χ1) is 8.34. The van der Waals surface area contributed by atoms with Crippen LogP contribution in [0.15, 0.2) is 0 Å². The molecule has 1 saturated heterocycles. The van der Waals surface area contributed by atoms with E-state index in [9.17, 15) is 0 Å². The molecule has 3 heteroatoms. The van der Waals surface area contributed by atoms with Crippen molar-refractivity contribution in [3.05, 3.63) is 0 Å². The monoisotopic (exact) mass is 259 g/mol. The minimum absolute atomic E-state index is 0.453. The van der Waals surface area contributed by atoms with Gasteiger partial charge < -0.3 is 4.74 Å². The fraction of sp³-hybridized carbons (Fsp3) is 1.00. The Bertz CT molecular complexity index is 172. The summed E-state index contributed by atoms with van der Waals surface area (Å²) in [5.74, 6) is 0. The molecule has 0 spiro atoms. The molecule has 0 aliphatic carbocycles. The molecule has 2 nitrogen and oxygen atoms in total. The first-order valence-corrected chi connectivity index (χ1v) is 7.86. The van der Waals surface area contributed by atoms with Crippen molar-refractivity contribution in [3.63, 3.8) is 0 Å². The van der Waals surface area contributed by atoms with Gasteiger partial charge in [0, 0.05) is 13.1 Å². The van der Waals surface area contributed by atoms with Crippen molar-refractivity contribution in [1.82, 2.24) is 4.90 Å². The van der Waals surface area contributed by atoms with E-state index in [0.29, 0.717) is 5.37 Å². The summed E-state index contributed by atoms with van der Waals surface area (Å²) in [4.78, 5) is 2.45. The lowest BCUT2D eigenvalue weighted by atomic mass is 10.1. The number of unbranched alkanes of at least 4 members (excludes halogenated alkanes) is 6. The van der Waals surface area contributed by atoms with Crippen LogP contribution in [0.1, 0.15) is 58.3 Å². The van der Waals surface area contributed by atoms with Crippen molar-refractivity contribution < 1.29 is 4.74 Å². The molecular weight excluding hydrogens is 230 g/mol. The topological polar surface area (TPSA) is 12.5 Å². The van der Waals surface area contributed by atoms with Crippen LogP contribution in [0.2, 0.25) is 0 Å². The van der Waals surface area contributed by atoms with Crippen molar-refractivity contribution >= 4 is 12.6 Å². The molecule has 1 aliphatic rings. The normalized spacial score (nSPS) is 19.4. The second kappa shape index (κ2) is 10.2. The molecule has 0 bridgehead atoms. The zero-order valence-corrected chi connectivity index (χ0v) is 12.3. The second-order valence-electron chi connectivity index (χ2n) is 5.04. The zero-order valence-electron chi connectivity index (χ0n) is 11.4. The van der Waals surface area contributed by atoms with Crippen LogP contribution in [-0.4, -0.2) is 36.6 Å². The number of rotatable bonds is 9. The molecule has 0 N–H and O–H groups in total. The van der Waals surface area contributed by atoms with Gasteiger partial charge in [-0.25, -0.2) is 0 Å². The van der Waals surface area contributed by atoms with Gasteiger partial charge in [0.1, 0.15) is 0 Å². The van der Waals surface area contributed by atoms with Gasteiger partial charge in [0.25, 0.3) is 0 Å². The quantitative estimate of drug-likeness (QED) is 0.500. The van der Waals surface area contributed by atoms with E-state index in [1.165, 1.54) is 51.4 Å². The van der Waals surface area contributed by atoms with Crippen LogP contribution in [0.4, 0.5) is 0 Å². The Labute approximate surface area is 113 Å². The summed E-state index contributed by atoms with van der Waals surface area (Å²) in [5, 5.41) is 0.453. The minimum Gasteiger partial charge on any atom is -0.379 e. The molecular formula is C14H29NOS. The average Bonchev–Trinajstić information content (AvgIpc) is 2.38. The summed E-state index contributed by atoms with van der Waals surface area (Å²) in [5.41, 5.74) is 0. The van der Waals surface area contributed by atoms with Gasteiger partial charge in [-0.1, -0.05) is 51.9 Å². The molecule has 0 aromatic rings. The SMILES string of the molecule is CCCCCCCCCC(S)N1CCOCC1. The molecule has 1 atom stereocenters. The maximum absolute atomic E-state index is 5.35. The first-order valence-electron chi connectivity index (χ1n) is 7.34. The molecule has 0 radical (unpaired) electrons. The van der Waals surface area contributed by atoms with Crippen LogP contribution in [0, 0.1) is 0 Å². The molecule has 1 rings (SSSR count). The van der Waals surface area contributed by atoms with Crippen LogP contribution >= 0.6 is 12.6 Å². The molecule has 1 unspecified atom stereocenters. The van der Waals surface area contributed by atoms with Crippen molar-refractivity contribution in [2.45, 2.75) is 63.7 Å². The summed E-state index contributed by atoms with van der Waals surface area (Å²) in [7, 11) is 0. The van der Waals surface area contributed by atoms with Gasteiger partial charge in [0.15, 0.2) is 0 Å². The van der Waals surface area contributed by atoms with Crippen LogP contribution < -0.4 is 0 Å². The van der Waals surface area contributed by atoms with E-state index in [1.54, 1.807) is 0 Å². The van der Waals surface area contributed by atoms with Crippen molar-refractivity contribution in [2.24, 2.45) is 0 Å². The highest BCUT2D eigenvalue weighted by Gasteiger charge is 2.16. The summed E-state index contributed by atoms with van der Waals surface area (Å²) in [6.45, 7) is 6.16. The van der Waals surface area contributed by atoms with E-state index in [4.69, 9.17) is 17.4 Å². The molecule has 1 fully saturated rings. The fourth-order valence-electron chi connectivity index (χ4n) is 2.34. The molecule has 17 heavy (non-hydrogen) atoms. The number of morpholine rings is 1. The fourth-order valence-corrected chi connectivity index (χ4v) is 2.76. The molecule has 102 valence electrons. The van der Waals surface area contributed by atoms with Crippen molar-refractivity contribution in [3.8, 4) is 0 Å². The smallest absolute Gasteiger partial charge is 0.0594 e. The Balaban J connectivity index is 1.90. The zero-order chi connectivity index (χ0) is 12.3. The van der Waals surface area contributed by atoms with Gasteiger partial charge in [-0.05, 0) is 6.42 Å². The molecule has 0 aromatic carbocycles. The highest BCUT2D eigenvalue weighted by Crippen LogP contribution is 2.16. The second-order valence-corrected chi connectivity index (χ2v) is 5.64. The Morgan fingerprint density at radius 2 is 1.59 bits per heavy atom. The third-order valence-electron chi connectivity index (χ3n) is 3.53. The highest BCUT2D eigenvalue weighted by atomic mass is 32.1. The molecule has 0 aromatic heterocycles. The number of hydrogen-bond donors (Lipinski definition) is 1. The number of ether oxygens (including phenoxy) is 1. The predicted molar refractivity (Wildman–Crippen MR) is 77.8 cm³/mol. The van der Waals surface area contributed by atoms with Gasteiger partial charge in [0.05, 0.1) is 18.6 Å².